The van der Waals surface area contributed by atoms with E-state index in [4.69, 9.17) is 4.74 Å². The van der Waals surface area contributed by atoms with Crippen molar-refractivity contribution >= 4 is 11.9 Å². The van der Waals surface area contributed by atoms with Crippen molar-refractivity contribution in [3.05, 3.63) is 146 Å². The fourth-order valence-electron chi connectivity index (χ4n) is 7.10. The van der Waals surface area contributed by atoms with Crippen molar-refractivity contribution in [3.8, 4) is 0 Å². The summed E-state index contributed by atoms with van der Waals surface area (Å²) >= 11 is 0. The number of esters is 1. The van der Waals surface area contributed by atoms with Gasteiger partial charge in [-0.15, -0.1) is 0 Å². The molecule has 0 aromatic rings. The van der Waals surface area contributed by atoms with Gasteiger partial charge in [-0.3, -0.25) is 9.59 Å². The van der Waals surface area contributed by atoms with Crippen LogP contribution in [0.5, 0.6) is 0 Å². The van der Waals surface area contributed by atoms with Gasteiger partial charge in [-0.25, -0.2) is 0 Å². The highest BCUT2D eigenvalue weighted by Crippen LogP contribution is 2.15. The predicted molar refractivity (Wildman–Crippen MR) is 291 cm³/mol. The highest BCUT2D eigenvalue weighted by Gasteiger charge is 2.23. The van der Waals surface area contributed by atoms with Gasteiger partial charge in [-0.05, 0) is 76.7 Å². The monoisotopic (exact) mass is 924 g/mol. The van der Waals surface area contributed by atoms with Crippen molar-refractivity contribution in [1.29, 1.82) is 0 Å². The highest BCUT2D eigenvalue weighted by molar-refractivity contribution is 5.78. The Balaban J connectivity index is 4.89. The second-order valence-electron chi connectivity index (χ2n) is 17.3. The Labute approximate surface area is 411 Å². The van der Waals surface area contributed by atoms with Crippen LogP contribution in [0, 0.1) is 0 Å². The van der Waals surface area contributed by atoms with Crippen LogP contribution in [-0.4, -0.2) is 46.9 Å². The van der Waals surface area contributed by atoms with Crippen LogP contribution in [0.25, 0.3) is 0 Å². The minimum absolute atomic E-state index is 0.0759. The van der Waals surface area contributed by atoms with E-state index in [1.54, 1.807) is 6.08 Å². The summed E-state index contributed by atoms with van der Waals surface area (Å²) in [5.41, 5.74) is 0. The summed E-state index contributed by atoms with van der Waals surface area (Å²) in [6.45, 7) is 6.17. The number of hydrogen-bond acceptors (Lipinski definition) is 5. The number of carbonyl (C=O) groups excluding carboxylic acids is 2. The molecule has 0 aliphatic carbocycles. The van der Waals surface area contributed by atoms with E-state index in [0.717, 1.165) is 77.0 Å². The molecule has 6 nitrogen and oxygen atoms in total. The van der Waals surface area contributed by atoms with Crippen molar-refractivity contribution in [2.45, 2.75) is 219 Å². The van der Waals surface area contributed by atoms with Crippen LogP contribution < -0.4 is 5.32 Å². The van der Waals surface area contributed by atoms with Gasteiger partial charge in [0.2, 0.25) is 5.91 Å². The molecule has 6 heteroatoms. The van der Waals surface area contributed by atoms with E-state index < -0.39 is 18.2 Å². The van der Waals surface area contributed by atoms with Crippen molar-refractivity contribution in [2.24, 2.45) is 0 Å². The minimum Gasteiger partial charge on any atom is -0.458 e. The van der Waals surface area contributed by atoms with Crippen molar-refractivity contribution in [1.82, 2.24) is 5.32 Å². The third kappa shape index (κ3) is 48.0. The number of amides is 1. The maximum Gasteiger partial charge on any atom is 0.306 e. The lowest BCUT2D eigenvalue weighted by molar-refractivity contribution is -0.148. The second-order valence-corrected chi connectivity index (χ2v) is 17.3. The summed E-state index contributed by atoms with van der Waals surface area (Å²) in [6.07, 6.45) is 76.4. The first-order valence-corrected chi connectivity index (χ1v) is 26.7. The first kappa shape index (κ1) is 62.7. The summed E-state index contributed by atoms with van der Waals surface area (Å²) in [4.78, 5) is 26.1. The van der Waals surface area contributed by atoms with Crippen LogP contribution in [0.1, 0.15) is 201 Å². The van der Waals surface area contributed by atoms with E-state index in [1.165, 1.54) is 70.6 Å². The molecule has 67 heavy (non-hydrogen) atoms. The topological polar surface area (TPSA) is 95.9 Å². The first-order chi connectivity index (χ1) is 33.0. The van der Waals surface area contributed by atoms with Gasteiger partial charge in [0.25, 0.3) is 0 Å². The zero-order valence-corrected chi connectivity index (χ0v) is 42.7. The molecule has 0 aliphatic heterocycles. The standard InChI is InChI=1S/C61H97NO5/c1-4-7-10-13-16-19-22-25-28-30-32-34-37-40-43-46-49-52-57(67-61(66)54-51-48-45-42-39-36-33-31-29-26-23-20-17-14-11-8-5-2)55-60(65)62-58(56-63)59(64)53-50-47-44-41-38-35-27-24-21-18-15-12-9-6-3/h7-8,10-11,14,16-17,19-20,23,25-26,28-29,31-34,36,39-40,43,49,52,57-59,63-64H,4-6,9,12-13,15,18,21-22,24,27,30,35,37-38,41-42,44-48,50-51,53-56H2,1-3H3,(H,62,65)/b10-7-,11-8-,17-14+,19-16-,23-20+,28-25-,29-26-,33-31+,34-32-,39-36+,43-40-,52-49-. The highest BCUT2D eigenvalue weighted by atomic mass is 16.5. The average Bonchev–Trinajstić information content (AvgIpc) is 3.32. The van der Waals surface area contributed by atoms with Crippen LogP contribution in [0.2, 0.25) is 0 Å². The quantitative estimate of drug-likeness (QED) is 0.0245. The third-order valence-electron chi connectivity index (χ3n) is 11.1. The molecule has 0 spiro atoms. The largest absolute Gasteiger partial charge is 0.458 e. The van der Waals surface area contributed by atoms with Crippen molar-refractivity contribution < 1.29 is 24.5 Å². The number of ether oxygens (including phenoxy) is 1. The fourth-order valence-corrected chi connectivity index (χ4v) is 7.10. The zero-order chi connectivity index (χ0) is 48.8. The van der Waals surface area contributed by atoms with E-state index in [-0.39, 0.29) is 31.3 Å². The summed E-state index contributed by atoms with van der Waals surface area (Å²) in [7, 11) is 0. The molecule has 0 bridgehead atoms. The predicted octanol–water partition coefficient (Wildman–Crippen LogP) is 16.4. The number of hydrogen-bond donors (Lipinski definition) is 3. The zero-order valence-electron chi connectivity index (χ0n) is 42.7. The van der Waals surface area contributed by atoms with Crippen LogP contribution in [-0.2, 0) is 14.3 Å². The van der Waals surface area contributed by atoms with Gasteiger partial charge in [-0.2, -0.15) is 0 Å². The smallest absolute Gasteiger partial charge is 0.306 e. The van der Waals surface area contributed by atoms with Gasteiger partial charge in [-0.1, -0.05) is 257 Å². The average molecular weight is 924 g/mol. The summed E-state index contributed by atoms with van der Waals surface area (Å²) in [5.74, 6) is -0.696. The number of unbranched alkanes of at least 4 members (excludes halogenated alkanes) is 16. The molecule has 1 amide bonds. The molecule has 0 rings (SSSR count). The van der Waals surface area contributed by atoms with Crippen LogP contribution in [0.3, 0.4) is 0 Å². The Kier molecular flexibility index (Phi) is 49.4. The Morgan fingerprint density at radius 2 is 0.896 bits per heavy atom. The molecule has 3 N–H and O–H groups in total. The Morgan fingerprint density at radius 1 is 0.478 bits per heavy atom. The number of rotatable bonds is 45. The maximum atomic E-state index is 13.2. The van der Waals surface area contributed by atoms with E-state index in [2.05, 4.69) is 99.0 Å². The molecule has 0 aliphatic rings. The molecule has 0 heterocycles. The van der Waals surface area contributed by atoms with Crippen LogP contribution in [0.4, 0.5) is 0 Å². The molecule has 3 atom stereocenters. The molecule has 0 aromatic heterocycles. The molecule has 0 saturated heterocycles. The summed E-state index contributed by atoms with van der Waals surface area (Å²) in [5, 5.41) is 23.7. The SMILES string of the molecule is CC\C=C/C=C/C=C/C=C\C=C\C=C\CCCCCC(=O)OC(/C=C\C/C=C\C/C=C\C/C=C\C/C=C\C/C=C\CC)CC(=O)NC(CO)C(O)CCCCCCCCCCCCCCCC. The fraction of sp³-hybridized carbons (Fsp3) is 0.574. The van der Waals surface area contributed by atoms with Crippen LogP contribution >= 0.6 is 0 Å². The number of aliphatic hydroxyl groups is 2. The first-order valence-electron chi connectivity index (χ1n) is 26.7. The Morgan fingerprint density at radius 3 is 1.37 bits per heavy atom. The number of nitrogens with one attached hydrogen (secondary N) is 1. The normalized spacial score (nSPS) is 14.4. The molecule has 3 unspecified atom stereocenters. The molecule has 0 radical (unpaired) electrons. The number of carbonyl (C=O) groups is 2. The maximum absolute atomic E-state index is 13.2. The number of allylic oxidation sites excluding steroid dienone is 23. The van der Waals surface area contributed by atoms with Crippen molar-refractivity contribution in [2.75, 3.05) is 6.61 Å². The molecule has 376 valence electrons. The van der Waals surface area contributed by atoms with Gasteiger partial charge < -0.3 is 20.3 Å². The minimum atomic E-state index is -0.839. The summed E-state index contributed by atoms with van der Waals surface area (Å²) in [6, 6.07) is -0.764. The Hall–Kier alpha value is -4.26. The molecule has 0 aromatic carbocycles. The molecular weight excluding hydrogens is 827 g/mol. The molecule has 0 saturated carbocycles. The second kappa shape index (κ2) is 52.7. The third-order valence-corrected chi connectivity index (χ3v) is 11.1. The van der Waals surface area contributed by atoms with Gasteiger partial charge in [0.15, 0.2) is 0 Å². The van der Waals surface area contributed by atoms with E-state index in [1.807, 2.05) is 66.8 Å². The van der Waals surface area contributed by atoms with Crippen LogP contribution in [0.15, 0.2) is 146 Å². The lowest BCUT2D eigenvalue weighted by Gasteiger charge is -2.23. The van der Waals surface area contributed by atoms with Gasteiger partial charge >= 0.3 is 5.97 Å². The molecule has 0 fully saturated rings. The van der Waals surface area contributed by atoms with Gasteiger partial charge in [0.1, 0.15) is 6.10 Å². The van der Waals surface area contributed by atoms with Crippen molar-refractivity contribution in [3.63, 3.8) is 0 Å². The lowest BCUT2D eigenvalue weighted by atomic mass is 10.0. The lowest BCUT2D eigenvalue weighted by Crippen LogP contribution is -2.46. The van der Waals surface area contributed by atoms with Gasteiger partial charge in [0.05, 0.1) is 25.2 Å². The number of aliphatic hydroxyl groups excluding tert-OH is 2. The molecular formula is C61H97NO5. The van der Waals surface area contributed by atoms with Gasteiger partial charge in [0, 0.05) is 6.42 Å². The summed E-state index contributed by atoms with van der Waals surface area (Å²) < 4.78 is 5.81. The van der Waals surface area contributed by atoms with E-state index in [0.29, 0.717) is 19.3 Å². The van der Waals surface area contributed by atoms with E-state index in [9.17, 15) is 19.8 Å². The van der Waals surface area contributed by atoms with E-state index >= 15 is 0 Å². The Bertz CT molecular complexity index is 1500.